The minimum Gasteiger partial charge on any atom is -0.486 e. The molecule has 2 aromatic carbocycles. The number of aryl methyl sites for hydroxylation is 1. The molecule has 0 fully saturated rings. The second-order valence-corrected chi connectivity index (χ2v) is 7.38. The van der Waals surface area contributed by atoms with Gasteiger partial charge in [0.1, 0.15) is 19.0 Å². The highest BCUT2D eigenvalue weighted by atomic mass is 35.5. The van der Waals surface area contributed by atoms with Gasteiger partial charge in [-0.05, 0) is 48.9 Å². The summed E-state index contributed by atoms with van der Waals surface area (Å²) < 4.78 is 16.9. The maximum absolute atomic E-state index is 11.3. The fourth-order valence-electron chi connectivity index (χ4n) is 3.34. The largest absolute Gasteiger partial charge is 0.486 e. The second-order valence-electron chi connectivity index (χ2n) is 6.97. The first kappa shape index (κ1) is 19.2. The van der Waals surface area contributed by atoms with Crippen LogP contribution in [0.2, 0.25) is 5.02 Å². The molecule has 0 spiro atoms. The van der Waals surface area contributed by atoms with Gasteiger partial charge in [0.2, 0.25) is 0 Å². The number of H-pyrrole nitrogens is 1. The molecule has 2 aromatic heterocycles. The van der Waals surface area contributed by atoms with Crippen LogP contribution in [0.25, 0.3) is 22.4 Å². The molecular weight excluding hydrogens is 422 g/mol. The lowest BCUT2D eigenvalue weighted by Crippen LogP contribution is -2.15. The summed E-state index contributed by atoms with van der Waals surface area (Å²) in [5, 5.41) is 9.73. The molecular formula is C22H16ClN3O5. The van der Waals surface area contributed by atoms with Gasteiger partial charge in [0.15, 0.2) is 17.1 Å². The second kappa shape index (κ2) is 7.48. The Morgan fingerprint density at radius 2 is 1.90 bits per heavy atom. The number of aromatic carboxylic acids is 1. The van der Waals surface area contributed by atoms with Crippen LogP contribution in [0.1, 0.15) is 15.9 Å². The fraction of sp³-hybridized carbons (Fsp3) is 0.136. The number of carboxylic acid groups (broad SMARTS) is 1. The Bertz CT molecular complexity index is 1330. The van der Waals surface area contributed by atoms with E-state index in [0.717, 1.165) is 5.56 Å². The van der Waals surface area contributed by atoms with Crippen LogP contribution < -0.4 is 14.2 Å². The van der Waals surface area contributed by atoms with Crippen LogP contribution in [-0.4, -0.2) is 39.2 Å². The van der Waals surface area contributed by atoms with Crippen LogP contribution >= 0.6 is 11.6 Å². The monoisotopic (exact) mass is 437 g/mol. The standard InChI is InChI=1S/C22H16ClN3O5/c1-11-2-4-13(9-14(11)21(27)28)31-22-24-16-10-15(23)19(25-20(16)26-22)12-3-5-17-18(8-12)30-7-6-29-17/h2-5,8-10H,6-7H2,1H3,(H,27,28)(H,24,25,26). The average Bonchev–Trinajstić information content (AvgIpc) is 3.15. The molecule has 0 saturated carbocycles. The van der Waals surface area contributed by atoms with E-state index in [0.29, 0.717) is 57.9 Å². The smallest absolute Gasteiger partial charge is 0.336 e. The molecule has 0 amide bonds. The molecule has 1 aliphatic heterocycles. The van der Waals surface area contributed by atoms with Crippen molar-refractivity contribution in [3.63, 3.8) is 0 Å². The number of nitrogens with zero attached hydrogens (tertiary/aromatic N) is 2. The first-order chi connectivity index (χ1) is 15.0. The predicted molar refractivity (Wildman–Crippen MR) is 114 cm³/mol. The quantitative estimate of drug-likeness (QED) is 0.470. The van der Waals surface area contributed by atoms with Crippen molar-refractivity contribution in [2.75, 3.05) is 13.2 Å². The van der Waals surface area contributed by atoms with E-state index in [-0.39, 0.29) is 11.6 Å². The Labute approximate surface area is 181 Å². The zero-order valence-corrected chi connectivity index (χ0v) is 17.1. The van der Waals surface area contributed by atoms with Gasteiger partial charge in [-0.1, -0.05) is 17.7 Å². The van der Waals surface area contributed by atoms with Crippen molar-refractivity contribution in [2.45, 2.75) is 6.92 Å². The number of halogens is 1. The Balaban J connectivity index is 1.49. The topological polar surface area (TPSA) is 107 Å². The number of fused-ring (bicyclic) bond motifs is 2. The van der Waals surface area contributed by atoms with Gasteiger partial charge in [-0.25, -0.2) is 9.78 Å². The van der Waals surface area contributed by atoms with Crippen LogP contribution in [0.3, 0.4) is 0 Å². The van der Waals surface area contributed by atoms with E-state index < -0.39 is 5.97 Å². The van der Waals surface area contributed by atoms with Gasteiger partial charge in [-0.15, -0.1) is 0 Å². The number of pyridine rings is 1. The van der Waals surface area contributed by atoms with Gasteiger partial charge < -0.3 is 24.3 Å². The van der Waals surface area contributed by atoms with Crippen molar-refractivity contribution in [3.05, 3.63) is 58.6 Å². The highest BCUT2D eigenvalue weighted by Gasteiger charge is 2.17. The highest BCUT2D eigenvalue weighted by molar-refractivity contribution is 6.33. The summed E-state index contributed by atoms with van der Waals surface area (Å²) in [6.45, 7) is 2.72. The number of aromatic amines is 1. The zero-order chi connectivity index (χ0) is 21.5. The van der Waals surface area contributed by atoms with E-state index in [9.17, 15) is 9.90 Å². The summed E-state index contributed by atoms with van der Waals surface area (Å²) in [5.74, 6) is 0.646. The third kappa shape index (κ3) is 3.62. The normalized spacial score (nSPS) is 12.7. The third-order valence-corrected chi connectivity index (χ3v) is 5.16. The first-order valence-corrected chi connectivity index (χ1v) is 9.84. The van der Waals surface area contributed by atoms with Crippen molar-refractivity contribution < 1.29 is 24.1 Å². The maximum Gasteiger partial charge on any atom is 0.336 e. The van der Waals surface area contributed by atoms with Gasteiger partial charge in [-0.2, -0.15) is 4.98 Å². The summed E-state index contributed by atoms with van der Waals surface area (Å²) in [6, 6.07) is 12.2. The molecule has 0 radical (unpaired) electrons. The van der Waals surface area contributed by atoms with Crippen molar-refractivity contribution in [1.82, 2.24) is 15.0 Å². The molecule has 4 aromatic rings. The van der Waals surface area contributed by atoms with Crippen molar-refractivity contribution in [1.29, 1.82) is 0 Å². The van der Waals surface area contributed by atoms with Crippen molar-refractivity contribution >= 4 is 28.7 Å². The number of carbonyl (C=O) groups is 1. The van der Waals surface area contributed by atoms with Gasteiger partial charge in [-0.3, -0.25) is 0 Å². The van der Waals surface area contributed by atoms with E-state index in [1.54, 1.807) is 25.1 Å². The molecule has 156 valence electrons. The molecule has 0 aliphatic carbocycles. The number of nitrogens with one attached hydrogen (secondary N) is 1. The Kier molecular flexibility index (Phi) is 4.63. The maximum atomic E-state index is 11.3. The molecule has 0 atom stereocenters. The minimum atomic E-state index is -1.02. The van der Waals surface area contributed by atoms with E-state index in [1.165, 1.54) is 6.07 Å². The van der Waals surface area contributed by atoms with Crippen molar-refractivity contribution in [2.24, 2.45) is 0 Å². The van der Waals surface area contributed by atoms with Crippen molar-refractivity contribution in [3.8, 4) is 34.5 Å². The number of aromatic nitrogens is 3. The van der Waals surface area contributed by atoms with Crippen LogP contribution in [0, 0.1) is 6.92 Å². The lowest BCUT2D eigenvalue weighted by Gasteiger charge is -2.18. The van der Waals surface area contributed by atoms with Crippen LogP contribution in [0.15, 0.2) is 42.5 Å². The van der Waals surface area contributed by atoms with Crippen LogP contribution in [0.4, 0.5) is 0 Å². The number of ether oxygens (including phenoxy) is 3. The third-order valence-electron chi connectivity index (χ3n) is 4.87. The minimum absolute atomic E-state index is 0.163. The number of carboxylic acids is 1. The summed E-state index contributed by atoms with van der Waals surface area (Å²) in [5.41, 5.74) is 3.12. The molecule has 0 bridgehead atoms. The molecule has 3 heterocycles. The van der Waals surface area contributed by atoms with Gasteiger partial charge >= 0.3 is 12.0 Å². The molecule has 2 N–H and O–H groups in total. The van der Waals surface area contributed by atoms with Crippen LogP contribution in [0.5, 0.6) is 23.3 Å². The first-order valence-electron chi connectivity index (χ1n) is 9.46. The highest BCUT2D eigenvalue weighted by Crippen LogP contribution is 2.37. The summed E-state index contributed by atoms with van der Waals surface area (Å²) in [4.78, 5) is 23.3. The number of rotatable bonds is 4. The Morgan fingerprint density at radius 1 is 1.10 bits per heavy atom. The lowest BCUT2D eigenvalue weighted by atomic mass is 10.1. The fourth-order valence-corrected chi connectivity index (χ4v) is 3.60. The van der Waals surface area contributed by atoms with E-state index in [4.69, 9.17) is 25.8 Å². The van der Waals surface area contributed by atoms with Gasteiger partial charge in [0.25, 0.3) is 0 Å². The summed E-state index contributed by atoms with van der Waals surface area (Å²) >= 11 is 6.47. The Hall–Kier alpha value is -3.78. The zero-order valence-electron chi connectivity index (χ0n) is 16.3. The number of hydrogen-bond donors (Lipinski definition) is 2. The number of hydrogen-bond acceptors (Lipinski definition) is 6. The SMILES string of the molecule is Cc1ccc(Oc2nc3nc(-c4ccc5c(c4)OCCO5)c(Cl)cc3[nH]2)cc1C(=O)O. The molecule has 1 aliphatic rings. The van der Waals surface area contributed by atoms with Crippen LogP contribution in [-0.2, 0) is 0 Å². The Morgan fingerprint density at radius 3 is 2.71 bits per heavy atom. The van der Waals surface area contributed by atoms with E-state index in [1.807, 2.05) is 18.2 Å². The molecule has 8 nitrogen and oxygen atoms in total. The molecule has 0 saturated heterocycles. The molecule has 9 heteroatoms. The lowest BCUT2D eigenvalue weighted by molar-refractivity contribution is 0.0695. The number of benzene rings is 2. The number of imidazole rings is 1. The van der Waals surface area contributed by atoms with Gasteiger partial charge in [0, 0.05) is 5.56 Å². The van der Waals surface area contributed by atoms with E-state index in [2.05, 4.69) is 15.0 Å². The predicted octanol–water partition coefficient (Wildman–Crippen LogP) is 4.85. The molecule has 31 heavy (non-hydrogen) atoms. The van der Waals surface area contributed by atoms with E-state index >= 15 is 0 Å². The van der Waals surface area contributed by atoms with Gasteiger partial charge in [0.05, 0.1) is 21.8 Å². The summed E-state index contributed by atoms with van der Waals surface area (Å²) in [7, 11) is 0. The average molecular weight is 438 g/mol. The summed E-state index contributed by atoms with van der Waals surface area (Å²) in [6.07, 6.45) is 0. The molecule has 5 rings (SSSR count). The molecule has 0 unspecified atom stereocenters.